The van der Waals surface area contributed by atoms with E-state index in [1.807, 2.05) is 30.3 Å². The van der Waals surface area contributed by atoms with Crippen LogP contribution in [0.3, 0.4) is 0 Å². The smallest absolute Gasteiger partial charge is 0.220 e. The Morgan fingerprint density at radius 2 is 2.05 bits per heavy atom. The predicted octanol–water partition coefficient (Wildman–Crippen LogP) is 2.60. The largest absolute Gasteiger partial charge is 0.494 e. The van der Waals surface area contributed by atoms with Crippen molar-refractivity contribution in [3.05, 3.63) is 30.3 Å². The van der Waals surface area contributed by atoms with Gasteiger partial charge in [0.25, 0.3) is 0 Å². The van der Waals surface area contributed by atoms with Crippen LogP contribution in [0.5, 0.6) is 5.75 Å². The van der Waals surface area contributed by atoms with Gasteiger partial charge in [0.2, 0.25) is 5.91 Å². The van der Waals surface area contributed by atoms with Gasteiger partial charge in [-0.3, -0.25) is 4.79 Å². The molecule has 0 saturated carbocycles. The topological polar surface area (TPSA) is 50.4 Å². The van der Waals surface area contributed by atoms with Crippen LogP contribution in [0, 0.1) is 11.8 Å². The highest BCUT2D eigenvalue weighted by Gasteiger charge is 2.21. The van der Waals surface area contributed by atoms with Crippen LogP contribution < -0.4 is 15.4 Å². The zero-order chi connectivity index (χ0) is 15.6. The van der Waals surface area contributed by atoms with Crippen molar-refractivity contribution in [3.8, 4) is 5.75 Å². The third-order valence-corrected chi connectivity index (χ3v) is 4.35. The molecular formula is C18H28N2O2. The Morgan fingerprint density at radius 3 is 2.77 bits per heavy atom. The van der Waals surface area contributed by atoms with Gasteiger partial charge in [-0.1, -0.05) is 25.1 Å². The Hall–Kier alpha value is -1.55. The molecule has 122 valence electrons. The fourth-order valence-corrected chi connectivity index (χ4v) is 2.95. The van der Waals surface area contributed by atoms with E-state index in [9.17, 15) is 4.79 Å². The average Bonchev–Trinajstić information content (AvgIpc) is 2.56. The van der Waals surface area contributed by atoms with E-state index >= 15 is 0 Å². The first-order valence-corrected chi connectivity index (χ1v) is 8.41. The second kappa shape index (κ2) is 9.46. The lowest BCUT2D eigenvalue weighted by Crippen LogP contribution is -2.33. The maximum absolute atomic E-state index is 12.0. The molecule has 0 aliphatic carbocycles. The monoisotopic (exact) mass is 304 g/mol. The fourth-order valence-electron chi connectivity index (χ4n) is 2.95. The van der Waals surface area contributed by atoms with E-state index in [0.29, 0.717) is 31.4 Å². The van der Waals surface area contributed by atoms with Crippen LogP contribution in [0.4, 0.5) is 0 Å². The molecule has 0 spiro atoms. The molecule has 0 aromatic heterocycles. The van der Waals surface area contributed by atoms with Gasteiger partial charge in [-0.15, -0.1) is 0 Å². The summed E-state index contributed by atoms with van der Waals surface area (Å²) < 4.78 is 5.61. The standard InChI is InChI=1S/C18H28N2O2/c1-15(16-8-11-19-12-9-16)14-18(21)20-10-5-13-22-17-6-3-2-4-7-17/h2-4,6-7,15-16,19H,5,8-14H2,1H3,(H,20,21). The molecule has 1 aliphatic heterocycles. The average molecular weight is 304 g/mol. The van der Waals surface area contributed by atoms with Crippen molar-refractivity contribution < 1.29 is 9.53 Å². The number of ether oxygens (including phenoxy) is 1. The normalized spacial score (nSPS) is 17.0. The number of rotatable bonds is 8. The number of hydrogen-bond acceptors (Lipinski definition) is 3. The second-order valence-corrected chi connectivity index (χ2v) is 6.13. The zero-order valence-electron chi connectivity index (χ0n) is 13.5. The molecule has 22 heavy (non-hydrogen) atoms. The molecule has 1 saturated heterocycles. The Morgan fingerprint density at radius 1 is 1.32 bits per heavy atom. The maximum Gasteiger partial charge on any atom is 0.220 e. The molecule has 1 amide bonds. The van der Waals surface area contributed by atoms with E-state index < -0.39 is 0 Å². The number of benzene rings is 1. The molecule has 0 radical (unpaired) electrons. The van der Waals surface area contributed by atoms with Crippen molar-refractivity contribution in [1.82, 2.24) is 10.6 Å². The summed E-state index contributed by atoms with van der Waals surface area (Å²) in [4.78, 5) is 12.0. The number of para-hydroxylation sites is 1. The molecule has 1 aliphatic rings. The van der Waals surface area contributed by atoms with Crippen molar-refractivity contribution in [1.29, 1.82) is 0 Å². The molecule has 2 rings (SSSR count). The van der Waals surface area contributed by atoms with Gasteiger partial charge in [-0.2, -0.15) is 0 Å². The first-order valence-electron chi connectivity index (χ1n) is 8.41. The van der Waals surface area contributed by atoms with Gasteiger partial charge >= 0.3 is 0 Å². The zero-order valence-corrected chi connectivity index (χ0v) is 13.5. The third-order valence-electron chi connectivity index (χ3n) is 4.35. The van der Waals surface area contributed by atoms with Gasteiger partial charge < -0.3 is 15.4 Å². The van der Waals surface area contributed by atoms with Crippen LogP contribution in [-0.4, -0.2) is 32.1 Å². The van der Waals surface area contributed by atoms with Gasteiger partial charge in [-0.05, 0) is 56.3 Å². The van der Waals surface area contributed by atoms with E-state index in [1.165, 1.54) is 12.8 Å². The van der Waals surface area contributed by atoms with E-state index in [0.717, 1.165) is 25.3 Å². The van der Waals surface area contributed by atoms with Crippen molar-refractivity contribution in [3.63, 3.8) is 0 Å². The van der Waals surface area contributed by atoms with E-state index in [4.69, 9.17) is 4.74 Å². The molecule has 1 unspecified atom stereocenters. The number of piperidine rings is 1. The lowest BCUT2D eigenvalue weighted by molar-refractivity contribution is -0.122. The lowest BCUT2D eigenvalue weighted by Gasteiger charge is -2.27. The molecule has 1 aromatic carbocycles. The number of nitrogens with one attached hydrogen (secondary N) is 2. The minimum Gasteiger partial charge on any atom is -0.494 e. The van der Waals surface area contributed by atoms with Gasteiger partial charge in [0.05, 0.1) is 6.61 Å². The SMILES string of the molecule is CC(CC(=O)NCCCOc1ccccc1)C1CCNCC1. The van der Waals surface area contributed by atoms with Gasteiger partial charge in [0.15, 0.2) is 0 Å². The van der Waals surface area contributed by atoms with Crippen molar-refractivity contribution in [2.24, 2.45) is 11.8 Å². The Kier molecular flexibility index (Phi) is 7.23. The molecule has 1 fully saturated rings. The first-order chi connectivity index (χ1) is 10.8. The molecule has 1 atom stereocenters. The van der Waals surface area contributed by atoms with Gasteiger partial charge in [0.1, 0.15) is 5.75 Å². The number of amides is 1. The summed E-state index contributed by atoms with van der Waals surface area (Å²) in [6.45, 7) is 5.70. The highest BCUT2D eigenvalue weighted by Crippen LogP contribution is 2.24. The Labute approximate surface area is 133 Å². The highest BCUT2D eigenvalue weighted by molar-refractivity contribution is 5.76. The number of carbonyl (C=O) groups excluding carboxylic acids is 1. The quantitative estimate of drug-likeness (QED) is 0.726. The van der Waals surface area contributed by atoms with E-state index in [2.05, 4.69) is 17.6 Å². The molecule has 2 N–H and O–H groups in total. The van der Waals surface area contributed by atoms with Crippen LogP contribution in [0.25, 0.3) is 0 Å². The lowest BCUT2D eigenvalue weighted by atomic mass is 9.84. The molecule has 4 nitrogen and oxygen atoms in total. The van der Waals surface area contributed by atoms with Crippen molar-refractivity contribution in [2.75, 3.05) is 26.2 Å². The van der Waals surface area contributed by atoms with Gasteiger partial charge in [0, 0.05) is 13.0 Å². The minimum atomic E-state index is 0.172. The summed E-state index contributed by atoms with van der Waals surface area (Å²) in [5, 5.41) is 6.37. The highest BCUT2D eigenvalue weighted by atomic mass is 16.5. The van der Waals surface area contributed by atoms with E-state index in [1.54, 1.807) is 0 Å². The van der Waals surface area contributed by atoms with E-state index in [-0.39, 0.29) is 5.91 Å². The summed E-state index contributed by atoms with van der Waals surface area (Å²) in [6.07, 6.45) is 3.87. The molecule has 1 heterocycles. The molecule has 1 aromatic rings. The first kappa shape index (κ1) is 16.8. The summed E-state index contributed by atoms with van der Waals surface area (Å²) in [5.41, 5.74) is 0. The second-order valence-electron chi connectivity index (χ2n) is 6.13. The predicted molar refractivity (Wildman–Crippen MR) is 88.9 cm³/mol. The molecule has 0 bridgehead atoms. The fraction of sp³-hybridized carbons (Fsp3) is 0.611. The van der Waals surface area contributed by atoms with Crippen molar-refractivity contribution in [2.45, 2.75) is 32.6 Å². The van der Waals surface area contributed by atoms with Crippen molar-refractivity contribution >= 4 is 5.91 Å². The molecular weight excluding hydrogens is 276 g/mol. The van der Waals surface area contributed by atoms with Crippen LogP contribution in [0.2, 0.25) is 0 Å². The Bertz CT molecular complexity index is 430. The van der Waals surface area contributed by atoms with Crippen LogP contribution in [0.1, 0.15) is 32.6 Å². The number of hydrogen-bond donors (Lipinski definition) is 2. The van der Waals surface area contributed by atoms with Crippen LogP contribution in [-0.2, 0) is 4.79 Å². The summed E-state index contributed by atoms with van der Waals surface area (Å²) >= 11 is 0. The Balaban J connectivity index is 1.53. The number of carbonyl (C=O) groups is 1. The molecule has 4 heteroatoms. The summed E-state index contributed by atoms with van der Waals surface area (Å²) in [6, 6.07) is 9.77. The third kappa shape index (κ3) is 6.06. The van der Waals surface area contributed by atoms with Crippen LogP contribution >= 0.6 is 0 Å². The summed E-state index contributed by atoms with van der Waals surface area (Å²) in [5.74, 6) is 2.22. The minimum absolute atomic E-state index is 0.172. The van der Waals surface area contributed by atoms with Crippen LogP contribution in [0.15, 0.2) is 30.3 Å². The van der Waals surface area contributed by atoms with Gasteiger partial charge in [-0.25, -0.2) is 0 Å². The summed E-state index contributed by atoms with van der Waals surface area (Å²) in [7, 11) is 0. The maximum atomic E-state index is 12.0.